The summed E-state index contributed by atoms with van der Waals surface area (Å²) in [5, 5.41) is 1.94. The maximum Gasteiger partial charge on any atom is 0.290 e. The van der Waals surface area contributed by atoms with E-state index in [0.717, 1.165) is 35.3 Å². The van der Waals surface area contributed by atoms with Gasteiger partial charge in [-0.15, -0.1) is 0 Å². The van der Waals surface area contributed by atoms with E-state index in [1.165, 1.54) is 0 Å². The first-order chi connectivity index (χ1) is 9.02. The van der Waals surface area contributed by atoms with Crippen LogP contribution < -0.4 is 5.32 Å². The number of thioether (sulfide) groups is 1. The minimum Gasteiger partial charge on any atom is -0.383 e. The third-order valence-electron chi connectivity index (χ3n) is 3.06. The molecule has 0 aliphatic carbocycles. The molecule has 1 N–H and O–H groups in total. The van der Waals surface area contributed by atoms with Crippen molar-refractivity contribution in [2.24, 2.45) is 0 Å². The first-order valence-electron chi connectivity index (χ1n) is 5.93. The summed E-state index contributed by atoms with van der Waals surface area (Å²) in [6, 6.07) is 2.01. The number of rotatable bonds is 4. The first-order valence-corrected chi connectivity index (χ1v) is 6.75. The van der Waals surface area contributed by atoms with Crippen molar-refractivity contribution in [2.75, 3.05) is 13.7 Å². The predicted octanol–water partition coefficient (Wildman–Crippen LogP) is 2.08. The molecule has 0 unspecified atom stereocenters. The number of imide groups is 1. The fraction of sp³-hybridized carbons (Fsp3) is 0.385. The van der Waals surface area contributed by atoms with Crippen LogP contribution in [-0.4, -0.2) is 29.4 Å². The van der Waals surface area contributed by atoms with Gasteiger partial charge >= 0.3 is 0 Å². The van der Waals surface area contributed by atoms with Gasteiger partial charge in [-0.1, -0.05) is 0 Å². The molecular weight excluding hydrogens is 264 g/mol. The van der Waals surface area contributed by atoms with Gasteiger partial charge in [0.15, 0.2) is 0 Å². The van der Waals surface area contributed by atoms with Crippen LogP contribution >= 0.6 is 11.8 Å². The van der Waals surface area contributed by atoms with Gasteiger partial charge in [0.1, 0.15) is 0 Å². The Morgan fingerprint density at radius 3 is 2.74 bits per heavy atom. The van der Waals surface area contributed by atoms with Crippen molar-refractivity contribution < 1.29 is 14.3 Å². The van der Waals surface area contributed by atoms with E-state index in [1.54, 1.807) is 13.2 Å². The van der Waals surface area contributed by atoms with E-state index in [9.17, 15) is 9.59 Å². The lowest BCUT2D eigenvalue weighted by atomic mass is 10.2. The average Bonchev–Trinajstić information content (AvgIpc) is 2.79. The van der Waals surface area contributed by atoms with Gasteiger partial charge in [-0.2, -0.15) is 0 Å². The summed E-state index contributed by atoms with van der Waals surface area (Å²) in [5.41, 5.74) is 3.13. The van der Waals surface area contributed by atoms with Crippen LogP contribution in [0.2, 0.25) is 0 Å². The van der Waals surface area contributed by atoms with E-state index < -0.39 is 0 Å². The number of amides is 2. The molecule has 0 saturated carbocycles. The monoisotopic (exact) mass is 280 g/mol. The molecule has 1 aliphatic heterocycles. The Morgan fingerprint density at radius 2 is 2.16 bits per heavy atom. The van der Waals surface area contributed by atoms with E-state index >= 15 is 0 Å². The van der Waals surface area contributed by atoms with Crippen molar-refractivity contribution in [1.82, 2.24) is 9.88 Å². The van der Waals surface area contributed by atoms with Crippen molar-refractivity contribution in [3.05, 3.63) is 27.9 Å². The number of hydrogen-bond donors (Lipinski definition) is 1. The summed E-state index contributed by atoms with van der Waals surface area (Å²) in [6.07, 6.45) is 1.76. The fourth-order valence-electron chi connectivity index (χ4n) is 2.06. The Hall–Kier alpha value is -1.53. The van der Waals surface area contributed by atoms with Crippen LogP contribution in [0.1, 0.15) is 17.0 Å². The number of nitrogens with one attached hydrogen (secondary N) is 1. The molecule has 2 heterocycles. The number of aryl methyl sites for hydroxylation is 1. The summed E-state index contributed by atoms with van der Waals surface area (Å²) in [7, 11) is 1.67. The zero-order chi connectivity index (χ0) is 14.0. The molecule has 2 rings (SSSR count). The zero-order valence-electron chi connectivity index (χ0n) is 11.1. The second-order valence-electron chi connectivity index (χ2n) is 4.32. The minimum atomic E-state index is -0.323. The van der Waals surface area contributed by atoms with Gasteiger partial charge in [0, 0.05) is 25.0 Å². The Morgan fingerprint density at radius 1 is 1.42 bits per heavy atom. The summed E-state index contributed by atoms with van der Waals surface area (Å²) in [6.45, 7) is 5.42. The Balaban J connectivity index is 2.29. The van der Waals surface area contributed by atoms with Gasteiger partial charge in [-0.25, -0.2) is 0 Å². The minimum absolute atomic E-state index is 0.315. The van der Waals surface area contributed by atoms with Crippen LogP contribution in [0.3, 0.4) is 0 Å². The van der Waals surface area contributed by atoms with E-state index in [4.69, 9.17) is 4.74 Å². The molecule has 1 fully saturated rings. The molecule has 2 amide bonds. The number of methoxy groups -OCH3 is 1. The molecular formula is C13H16N2O3S. The smallest absolute Gasteiger partial charge is 0.290 e. The normalized spacial score (nSPS) is 17.3. The molecule has 0 spiro atoms. The van der Waals surface area contributed by atoms with E-state index in [2.05, 4.69) is 9.88 Å². The van der Waals surface area contributed by atoms with Crippen LogP contribution in [0.4, 0.5) is 4.79 Å². The Labute approximate surface area is 116 Å². The molecule has 1 aliphatic rings. The fourth-order valence-corrected chi connectivity index (χ4v) is 2.74. The van der Waals surface area contributed by atoms with Crippen molar-refractivity contribution in [3.63, 3.8) is 0 Å². The maximum atomic E-state index is 11.5. The zero-order valence-corrected chi connectivity index (χ0v) is 12.0. The molecule has 0 aromatic carbocycles. The molecule has 0 bridgehead atoms. The van der Waals surface area contributed by atoms with E-state index in [0.29, 0.717) is 11.5 Å². The number of nitrogens with zero attached hydrogens (tertiary/aromatic N) is 1. The van der Waals surface area contributed by atoms with Crippen LogP contribution in [0.15, 0.2) is 11.0 Å². The van der Waals surface area contributed by atoms with Gasteiger partial charge in [0.25, 0.3) is 11.1 Å². The van der Waals surface area contributed by atoms with Gasteiger partial charge in [0.2, 0.25) is 0 Å². The molecule has 19 heavy (non-hydrogen) atoms. The number of hydrogen-bond acceptors (Lipinski definition) is 4. The highest BCUT2D eigenvalue weighted by Gasteiger charge is 2.25. The highest BCUT2D eigenvalue weighted by atomic mass is 32.2. The summed E-state index contributed by atoms with van der Waals surface area (Å²) in [5.74, 6) is -0.323. The number of carbonyl (C=O) groups is 2. The van der Waals surface area contributed by atoms with Crippen LogP contribution in [0, 0.1) is 13.8 Å². The van der Waals surface area contributed by atoms with E-state index in [-0.39, 0.29) is 11.1 Å². The molecule has 0 atom stereocenters. The highest BCUT2D eigenvalue weighted by Crippen LogP contribution is 2.27. The maximum absolute atomic E-state index is 11.5. The lowest BCUT2D eigenvalue weighted by Crippen LogP contribution is -2.17. The van der Waals surface area contributed by atoms with Crippen molar-refractivity contribution in [2.45, 2.75) is 20.4 Å². The lowest BCUT2D eigenvalue weighted by Gasteiger charge is -2.08. The van der Waals surface area contributed by atoms with Gasteiger partial charge in [-0.05, 0) is 43.3 Å². The molecule has 1 aromatic heterocycles. The third kappa shape index (κ3) is 2.90. The van der Waals surface area contributed by atoms with Gasteiger partial charge in [0.05, 0.1) is 11.5 Å². The number of carbonyl (C=O) groups excluding carboxylic acids is 2. The van der Waals surface area contributed by atoms with Crippen molar-refractivity contribution in [1.29, 1.82) is 0 Å². The number of ether oxygens (including phenoxy) is 1. The molecule has 1 aromatic rings. The van der Waals surface area contributed by atoms with Crippen LogP contribution in [0.5, 0.6) is 0 Å². The third-order valence-corrected chi connectivity index (χ3v) is 3.87. The summed E-state index contributed by atoms with van der Waals surface area (Å²) >= 11 is 0.938. The van der Waals surface area contributed by atoms with Crippen molar-refractivity contribution >= 4 is 29.0 Å². The molecule has 102 valence electrons. The largest absolute Gasteiger partial charge is 0.383 e. The molecule has 0 radical (unpaired) electrons. The first kappa shape index (κ1) is 13.9. The van der Waals surface area contributed by atoms with Crippen molar-refractivity contribution in [3.8, 4) is 0 Å². The summed E-state index contributed by atoms with van der Waals surface area (Å²) < 4.78 is 7.21. The SMILES string of the molecule is COCCn1c(C)cc(/C=C2\SC(=O)NC2=O)c1C. The van der Waals surface area contributed by atoms with Crippen LogP contribution in [0.25, 0.3) is 6.08 Å². The van der Waals surface area contributed by atoms with Crippen LogP contribution in [-0.2, 0) is 16.1 Å². The van der Waals surface area contributed by atoms with E-state index in [1.807, 2.05) is 19.9 Å². The second-order valence-corrected chi connectivity index (χ2v) is 5.34. The molecule has 6 heteroatoms. The average molecular weight is 280 g/mol. The standard InChI is InChI=1S/C13H16N2O3S/c1-8-6-10(9(2)15(8)4-5-18-3)7-11-12(16)14-13(17)19-11/h6-7H,4-5H2,1-3H3,(H,14,16,17)/b11-7-. The molecule has 1 saturated heterocycles. The molecule has 5 nitrogen and oxygen atoms in total. The highest BCUT2D eigenvalue weighted by molar-refractivity contribution is 8.18. The predicted molar refractivity (Wildman–Crippen MR) is 74.9 cm³/mol. The number of aromatic nitrogens is 1. The van der Waals surface area contributed by atoms with Gasteiger partial charge < -0.3 is 9.30 Å². The summed E-state index contributed by atoms with van der Waals surface area (Å²) in [4.78, 5) is 23.1. The Bertz CT molecular complexity index is 560. The van der Waals surface area contributed by atoms with Gasteiger partial charge in [-0.3, -0.25) is 14.9 Å². The quantitative estimate of drug-likeness (QED) is 0.858. The second kappa shape index (κ2) is 5.63. The topological polar surface area (TPSA) is 60.3 Å². The lowest BCUT2D eigenvalue weighted by molar-refractivity contribution is -0.115. The Kier molecular flexibility index (Phi) is 4.11.